The number of ether oxygens (including phenoxy) is 1. The van der Waals surface area contributed by atoms with E-state index >= 15 is 0 Å². The Labute approximate surface area is 196 Å². The molecule has 34 heavy (non-hydrogen) atoms. The number of nitrogens with zero attached hydrogens (tertiary/aromatic N) is 1. The molecule has 1 heterocycles. The van der Waals surface area contributed by atoms with Gasteiger partial charge in [0.1, 0.15) is 6.61 Å². The molecular weight excluding hydrogens is 438 g/mol. The number of hydrogen-bond donors (Lipinski definition) is 3. The van der Waals surface area contributed by atoms with Crippen molar-refractivity contribution in [3.05, 3.63) is 77.5 Å². The van der Waals surface area contributed by atoms with Crippen LogP contribution in [0.15, 0.2) is 59.3 Å². The smallest absolute Gasteiger partial charge is 0.407 e. The summed E-state index contributed by atoms with van der Waals surface area (Å²) in [7, 11) is 0. The van der Waals surface area contributed by atoms with Crippen LogP contribution in [0.5, 0.6) is 0 Å². The summed E-state index contributed by atoms with van der Waals surface area (Å²) in [5.41, 5.74) is 4.54. The lowest BCUT2D eigenvalue weighted by molar-refractivity contribution is -0.141. The van der Waals surface area contributed by atoms with Gasteiger partial charge in [0.05, 0.1) is 12.5 Å². The number of alkyl carbamates (subject to hydrolysis) is 1. The Morgan fingerprint density at radius 2 is 1.71 bits per heavy atom. The van der Waals surface area contributed by atoms with Crippen LogP contribution in [-0.2, 0) is 16.1 Å². The Balaban J connectivity index is 1.30. The lowest BCUT2D eigenvalue weighted by Crippen LogP contribution is -2.30. The number of carboxylic acids is 1. The number of carbonyl (C=O) groups is 3. The Hall–Kier alpha value is -4.14. The number of amides is 2. The van der Waals surface area contributed by atoms with Gasteiger partial charge in [-0.25, -0.2) is 9.78 Å². The van der Waals surface area contributed by atoms with Crippen molar-refractivity contribution >= 4 is 18.0 Å². The van der Waals surface area contributed by atoms with Gasteiger partial charge >= 0.3 is 12.1 Å². The van der Waals surface area contributed by atoms with Gasteiger partial charge in [-0.15, -0.1) is 0 Å². The van der Waals surface area contributed by atoms with Crippen LogP contribution in [0.25, 0.3) is 11.1 Å². The Bertz CT molecular complexity index is 1160. The molecular formula is C25H25N3O6. The summed E-state index contributed by atoms with van der Waals surface area (Å²) in [6.07, 6.45) is 0.760. The Morgan fingerprint density at radius 1 is 1.06 bits per heavy atom. The van der Waals surface area contributed by atoms with Crippen molar-refractivity contribution in [3.63, 3.8) is 0 Å². The third kappa shape index (κ3) is 4.93. The van der Waals surface area contributed by atoms with Crippen LogP contribution in [0.3, 0.4) is 0 Å². The molecule has 0 bridgehead atoms. The number of benzene rings is 2. The van der Waals surface area contributed by atoms with E-state index < -0.39 is 23.9 Å². The molecule has 9 nitrogen and oxygen atoms in total. The molecule has 0 saturated carbocycles. The number of hydrogen-bond acceptors (Lipinski definition) is 6. The van der Waals surface area contributed by atoms with Crippen LogP contribution in [0.2, 0.25) is 0 Å². The molecule has 1 unspecified atom stereocenters. The summed E-state index contributed by atoms with van der Waals surface area (Å²) < 4.78 is 10.7. The number of nitrogens with one attached hydrogen (secondary N) is 2. The summed E-state index contributed by atoms with van der Waals surface area (Å²) in [5.74, 6) is -1.89. The van der Waals surface area contributed by atoms with Crippen molar-refractivity contribution in [1.82, 2.24) is 15.6 Å². The predicted octanol–water partition coefficient (Wildman–Crippen LogP) is 3.55. The van der Waals surface area contributed by atoms with E-state index in [2.05, 4.69) is 27.8 Å². The molecule has 1 aliphatic carbocycles. The molecule has 0 fully saturated rings. The fourth-order valence-electron chi connectivity index (χ4n) is 3.99. The van der Waals surface area contributed by atoms with E-state index in [4.69, 9.17) is 14.3 Å². The van der Waals surface area contributed by atoms with Crippen molar-refractivity contribution in [2.75, 3.05) is 13.2 Å². The zero-order valence-electron chi connectivity index (χ0n) is 18.6. The quantitative estimate of drug-likeness (QED) is 0.442. The largest absolute Gasteiger partial charge is 0.481 e. The zero-order chi connectivity index (χ0) is 24.1. The number of fused-ring (bicyclic) bond motifs is 3. The van der Waals surface area contributed by atoms with Gasteiger partial charge in [0.2, 0.25) is 0 Å². The number of carbonyl (C=O) groups excluding carboxylic acids is 2. The molecule has 3 N–H and O–H groups in total. The van der Waals surface area contributed by atoms with Gasteiger partial charge < -0.3 is 24.9 Å². The molecule has 4 rings (SSSR count). The lowest BCUT2D eigenvalue weighted by atomic mass is 9.98. The monoisotopic (exact) mass is 463 g/mol. The summed E-state index contributed by atoms with van der Waals surface area (Å²) >= 11 is 0. The molecule has 0 spiro atoms. The van der Waals surface area contributed by atoms with E-state index in [1.54, 1.807) is 6.92 Å². The molecule has 176 valence electrons. The van der Waals surface area contributed by atoms with E-state index in [1.807, 2.05) is 36.4 Å². The molecule has 3 aromatic rings. The minimum Gasteiger partial charge on any atom is -0.481 e. The first-order valence-electron chi connectivity index (χ1n) is 11.0. The van der Waals surface area contributed by atoms with Gasteiger partial charge in [-0.1, -0.05) is 55.5 Å². The van der Waals surface area contributed by atoms with Crippen LogP contribution >= 0.6 is 0 Å². The Kier molecular flexibility index (Phi) is 6.91. The van der Waals surface area contributed by atoms with Crippen LogP contribution in [0.4, 0.5) is 4.79 Å². The van der Waals surface area contributed by atoms with Gasteiger partial charge in [-0.05, 0) is 28.7 Å². The maximum Gasteiger partial charge on any atom is 0.407 e. The fourth-order valence-corrected chi connectivity index (χ4v) is 3.99. The molecule has 0 aliphatic heterocycles. The first kappa shape index (κ1) is 23.0. The highest BCUT2D eigenvalue weighted by atomic mass is 16.5. The molecule has 0 radical (unpaired) electrons. The van der Waals surface area contributed by atoms with Crippen molar-refractivity contribution < 1.29 is 28.6 Å². The van der Waals surface area contributed by atoms with E-state index in [0.717, 1.165) is 28.6 Å². The molecule has 2 amide bonds. The Morgan fingerprint density at radius 3 is 2.35 bits per heavy atom. The van der Waals surface area contributed by atoms with Gasteiger partial charge in [-0.3, -0.25) is 9.59 Å². The summed E-state index contributed by atoms with van der Waals surface area (Å²) in [4.78, 5) is 39.5. The molecule has 2 aromatic carbocycles. The normalized spacial score (nSPS) is 13.0. The van der Waals surface area contributed by atoms with Crippen LogP contribution in [-0.4, -0.2) is 41.2 Å². The third-order valence-electron chi connectivity index (χ3n) is 5.88. The van der Waals surface area contributed by atoms with E-state index in [0.29, 0.717) is 0 Å². The second-order valence-corrected chi connectivity index (χ2v) is 8.09. The van der Waals surface area contributed by atoms with Crippen molar-refractivity contribution in [1.29, 1.82) is 0 Å². The number of carboxylic acid groups (broad SMARTS) is 1. The maximum atomic E-state index is 12.4. The summed E-state index contributed by atoms with van der Waals surface area (Å²) in [6, 6.07) is 16.1. The average molecular weight is 463 g/mol. The fraction of sp³-hybridized carbons (Fsp3) is 0.280. The van der Waals surface area contributed by atoms with Crippen LogP contribution in [0.1, 0.15) is 46.6 Å². The van der Waals surface area contributed by atoms with E-state index in [-0.39, 0.29) is 43.5 Å². The maximum absolute atomic E-state index is 12.4. The van der Waals surface area contributed by atoms with Crippen molar-refractivity contribution in [2.45, 2.75) is 25.8 Å². The number of oxazole rings is 1. The molecule has 9 heteroatoms. The molecule has 1 aliphatic rings. The predicted molar refractivity (Wildman–Crippen MR) is 122 cm³/mol. The minimum absolute atomic E-state index is 0.0296. The number of rotatable bonds is 9. The second kappa shape index (κ2) is 10.2. The van der Waals surface area contributed by atoms with Gasteiger partial charge in [0.25, 0.3) is 5.91 Å². The molecule has 1 atom stereocenters. The summed E-state index contributed by atoms with van der Waals surface area (Å²) in [5, 5.41) is 14.1. The molecule has 0 saturated heterocycles. The minimum atomic E-state index is -0.927. The first-order chi connectivity index (χ1) is 16.5. The lowest BCUT2D eigenvalue weighted by Gasteiger charge is -2.14. The van der Waals surface area contributed by atoms with Crippen molar-refractivity contribution in [2.24, 2.45) is 5.92 Å². The highest BCUT2D eigenvalue weighted by Crippen LogP contribution is 2.44. The number of aliphatic carboxylic acids is 1. The van der Waals surface area contributed by atoms with Gasteiger partial charge in [0, 0.05) is 12.5 Å². The van der Waals surface area contributed by atoms with Crippen LogP contribution < -0.4 is 10.6 Å². The van der Waals surface area contributed by atoms with E-state index in [1.165, 1.54) is 0 Å². The topological polar surface area (TPSA) is 131 Å². The third-order valence-corrected chi connectivity index (χ3v) is 5.88. The van der Waals surface area contributed by atoms with Gasteiger partial charge in [0.15, 0.2) is 17.8 Å². The average Bonchev–Trinajstić information content (AvgIpc) is 3.44. The highest BCUT2D eigenvalue weighted by Gasteiger charge is 2.29. The van der Waals surface area contributed by atoms with E-state index in [9.17, 15) is 14.4 Å². The zero-order valence-corrected chi connectivity index (χ0v) is 18.6. The SMILES string of the molecule is CC(CCNC(=O)c1ncoc1CNC(=O)OCC1c2ccccc2-c2ccccc21)C(=O)O. The van der Waals surface area contributed by atoms with Crippen LogP contribution in [0, 0.1) is 5.92 Å². The van der Waals surface area contributed by atoms with Crippen molar-refractivity contribution in [3.8, 4) is 11.1 Å². The summed E-state index contributed by atoms with van der Waals surface area (Å²) in [6.45, 7) is 1.84. The number of aromatic nitrogens is 1. The first-order valence-corrected chi connectivity index (χ1v) is 11.0. The van der Waals surface area contributed by atoms with Gasteiger partial charge in [-0.2, -0.15) is 0 Å². The second-order valence-electron chi connectivity index (χ2n) is 8.09. The standard InChI is InChI=1S/C25H25N3O6/c1-15(24(30)31)10-11-26-23(29)22-21(34-14-28-22)12-27-25(32)33-13-20-18-8-4-2-6-16(18)17-7-3-5-9-19(17)20/h2-9,14-15,20H,10-13H2,1H3,(H,26,29)(H,27,32)(H,30,31). The highest BCUT2D eigenvalue weighted by molar-refractivity contribution is 5.93. The molecule has 1 aromatic heterocycles.